The van der Waals surface area contributed by atoms with Crippen LogP contribution < -0.4 is 4.74 Å². The van der Waals surface area contributed by atoms with Crippen LogP contribution in [0.4, 0.5) is 0 Å². The number of benzene rings is 1. The van der Waals surface area contributed by atoms with Crippen LogP contribution in [-0.2, 0) is 4.74 Å². The number of halogens is 1. The van der Waals surface area contributed by atoms with Gasteiger partial charge in [-0.05, 0) is 12.1 Å². The zero-order valence-electron chi connectivity index (χ0n) is 7.92. The van der Waals surface area contributed by atoms with Crippen molar-refractivity contribution in [1.82, 2.24) is 0 Å². The minimum atomic E-state index is 0.206. The lowest BCUT2D eigenvalue weighted by molar-refractivity contribution is 0.307. The molecule has 14 heavy (non-hydrogen) atoms. The van der Waals surface area contributed by atoms with Gasteiger partial charge in [-0.2, -0.15) is 0 Å². The van der Waals surface area contributed by atoms with Crippen molar-refractivity contribution < 1.29 is 9.47 Å². The average Bonchev–Trinajstić information content (AvgIpc) is 2.20. The molecule has 1 aromatic rings. The molecule has 0 aromatic heterocycles. The van der Waals surface area contributed by atoms with E-state index in [1.165, 1.54) is 7.11 Å². The summed E-state index contributed by atoms with van der Waals surface area (Å²) < 4.78 is 10.0. The van der Waals surface area contributed by atoms with Gasteiger partial charge in [0.15, 0.2) is 5.90 Å². The normalized spacial score (nSPS) is 9.57. The maximum atomic E-state index is 7.22. The predicted molar refractivity (Wildman–Crippen MR) is 56.3 cm³/mol. The quantitative estimate of drug-likeness (QED) is 0.617. The van der Waals surface area contributed by atoms with Gasteiger partial charge in [-0.3, -0.25) is 5.41 Å². The van der Waals surface area contributed by atoms with Crippen LogP contribution in [0.5, 0.6) is 5.75 Å². The first-order chi connectivity index (χ1) is 6.74. The van der Waals surface area contributed by atoms with E-state index in [0.717, 1.165) is 0 Å². The summed E-state index contributed by atoms with van der Waals surface area (Å²) in [6, 6.07) is 7.24. The number of hydrogen-bond acceptors (Lipinski definition) is 3. The van der Waals surface area contributed by atoms with Gasteiger partial charge in [0.1, 0.15) is 5.75 Å². The Labute approximate surface area is 88.1 Å². The second kappa shape index (κ2) is 5.50. The Bertz CT molecular complexity index is 315. The van der Waals surface area contributed by atoms with Gasteiger partial charge < -0.3 is 9.47 Å². The number of para-hydroxylation sites is 1. The van der Waals surface area contributed by atoms with E-state index < -0.39 is 0 Å². The van der Waals surface area contributed by atoms with E-state index in [9.17, 15) is 0 Å². The molecular formula is C10H12ClNO2. The summed E-state index contributed by atoms with van der Waals surface area (Å²) in [7, 11) is 1.47. The molecule has 0 amide bonds. The summed E-state index contributed by atoms with van der Waals surface area (Å²) in [6.07, 6.45) is 0.446. The highest BCUT2D eigenvalue weighted by atomic mass is 35.5. The third-order valence-corrected chi connectivity index (χ3v) is 1.98. The van der Waals surface area contributed by atoms with Crippen LogP contribution in [0, 0.1) is 5.41 Å². The largest absolute Gasteiger partial charge is 0.491 e. The van der Waals surface area contributed by atoms with Crippen molar-refractivity contribution in [3.63, 3.8) is 0 Å². The van der Waals surface area contributed by atoms with Gasteiger partial charge in [-0.25, -0.2) is 0 Å². The summed E-state index contributed by atoms with van der Waals surface area (Å²) in [6.45, 7) is 0.399. The van der Waals surface area contributed by atoms with Crippen LogP contribution in [0.1, 0.15) is 6.42 Å². The fourth-order valence-electron chi connectivity index (χ4n) is 0.918. The summed E-state index contributed by atoms with van der Waals surface area (Å²) >= 11 is 5.86. The van der Waals surface area contributed by atoms with E-state index in [0.29, 0.717) is 23.8 Å². The van der Waals surface area contributed by atoms with Crippen molar-refractivity contribution >= 4 is 17.5 Å². The predicted octanol–water partition coefficient (Wildman–Crippen LogP) is 2.73. The summed E-state index contributed by atoms with van der Waals surface area (Å²) in [5.74, 6) is 0.843. The van der Waals surface area contributed by atoms with Gasteiger partial charge in [0, 0.05) is 0 Å². The third kappa shape index (κ3) is 3.26. The maximum Gasteiger partial charge on any atom is 0.183 e. The Kier molecular flexibility index (Phi) is 4.26. The molecule has 0 radical (unpaired) electrons. The van der Waals surface area contributed by atoms with Crippen molar-refractivity contribution in [1.29, 1.82) is 5.41 Å². The average molecular weight is 214 g/mol. The highest BCUT2D eigenvalue weighted by Crippen LogP contribution is 2.22. The van der Waals surface area contributed by atoms with Crippen molar-refractivity contribution in [2.45, 2.75) is 6.42 Å². The van der Waals surface area contributed by atoms with E-state index in [1.54, 1.807) is 12.1 Å². The Hall–Kier alpha value is -1.22. The molecule has 1 N–H and O–H groups in total. The number of ether oxygens (including phenoxy) is 2. The zero-order valence-corrected chi connectivity index (χ0v) is 8.67. The highest BCUT2D eigenvalue weighted by Gasteiger charge is 2.00. The SMILES string of the molecule is COC(=N)CCOc1ccccc1Cl. The number of hydrogen-bond donors (Lipinski definition) is 1. The first kappa shape index (κ1) is 10.9. The van der Waals surface area contributed by atoms with E-state index in [-0.39, 0.29) is 5.90 Å². The molecule has 0 unspecified atom stereocenters. The minimum absolute atomic E-state index is 0.206. The van der Waals surface area contributed by atoms with Gasteiger partial charge in [-0.1, -0.05) is 23.7 Å². The van der Waals surface area contributed by atoms with Crippen LogP contribution in [-0.4, -0.2) is 19.6 Å². The number of rotatable bonds is 4. The maximum absolute atomic E-state index is 7.22. The van der Waals surface area contributed by atoms with E-state index in [1.807, 2.05) is 12.1 Å². The lowest BCUT2D eigenvalue weighted by atomic mass is 10.3. The number of nitrogens with one attached hydrogen (secondary N) is 1. The van der Waals surface area contributed by atoms with E-state index >= 15 is 0 Å². The van der Waals surface area contributed by atoms with Crippen LogP contribution in [0.25, 0.3) is 0 Å². The Balaban J connectivity index is 2.39. The first-order valence-corrected chi connectivity index (χ1v) is 4.60. The van der Waals surface area contributed by atoms with Gasteiger partial charge in [0.2, 0.25) is 0 Å². The molecule has 0 bridgehead atoms. The van der Waals surface area contributed by atoms with Gasteiger partial charge >= 0.3 is 0 Å². The monoisotopic (exact) mass is 213 g/mol. The van der Waals surface area contributed by atoms with Gasteiger partial charge in [0.25, 0.3) is 0 Å². The van der Waals surface area contributed by atoms with Crippen molar-refractivity contribution in [2.24, 2.45) is 0 Å². The van der Waals surface area contributed by atoms with Crippen molar-refractivity contribution in [3.8, 4) is 5.75 Å². The molecule has 0 aliphatic heterocycles. The van der Waals surface area contributed by atoms with Crippen molar-refractivity contribution in [3.05, 3.63) is 29.3 Å². The molecular weight excluding hydrogens is 202 g/mol. The molecule has 3 nitrogen and oxygen atoms in total. The van der Waals surface area contributed by atoms with Gasteiger partial charge in [-0.15, -0.1) is 0 Å². The second-order valence-electron chi connectivity index (χ2n) is 2.66. The minimum Gasteiger partial charge on any atom is -0.491 e. The third-order valence-electron chi connectivity index (χ3n) is 1.67. The Morgan fingerprint density at radius 3 is 2.79 bits per heavy atom. The van der Waals surface area contributed by atoms with E-state index in [4.69, 9.17) is 21.7 Å². The molecule has 0 fully saturated rings. The van der Waals surface area contributed by atoms with Crippen LogP contribution >= 0.6 is 11.6 Å². The van der Waals surface area contributed by atoms with Crippen LogP contribution in [0.2, 0.25) is 5.02 Å². The Morgan fingerprint density at radius 2 is 2.14 bits per heavy atom. The Morgan fingerprint density at radius 1 is 1.43 bits per heavy atom. The fourth-order valence-corrected chi connectivity index (χ4v) is 1.11. The lowest BCUT2D eigenvalue weighted by Crippen LogP contribution is -2.06. The molecule has 0 saturated heterocycles. The van der Waals surface area contributed by atoms with Gasteiger partial charge in [0.05, 0.1) is 25.2 Å². The molecule has 0 atom stereocenters. The van der Waals surface area contributed by atoms with Crippen LogP contribution in [0.3, 0.4) is 0 Å². The fraction of sp³-hybridized carbons (Fsp3) is 0.300. The van der Waals surface area contributed by atoms with Crippen molar-refractivity contribution in [2.75, 3.05) is 13.7 Å². The number of methoxy groups -OCH3 is 1. The molecule has 0 aliphatic rings. The lowest BCUT2D eigenvalue weighted by Gasteiger charge is -2.07. The molecule has 4 heteroatoms. The topological polar surface area (TPSA) is 42.3 Å². The first-order valence-electron chi connectivity index (χ1n) is 4.23. The highest BCUT2D eigenvalue weighted by molar-refractivity contribution is 6.32. The molecule has 76 valence electrons. The summed E-state index contributed by atoms with van der Waals surface area (Å²) in [4.78, 5) is 0. The van der Waals surface area contributed by atoms with E-state index in [2.05, 4.69) is 4.74 Å². The molecule has 0 saturated carbocycles. The summed E-state index contributed by atoms with van der Waals surface area (Å²) in [5.41, 5.74) is 0. The standard InChI is InChI=1S/C10H12ClNO2/c1-13-10(12)6-7-14-9-5-3-2-4-8(9)11/h2-5,12H,6-7H2,1H3. The smallest absolute Gasteiger partial charge is 0.183 e. The molecule has 0 aliphatic carbocycles. The molecule has 1 aromatic carbocycles. The summed E-state index contributed by atoms with van der Waals surface area (Å²) in [5, 5.41) is 7.80. The molecule has 0 spiro atoms. The second-order valence-corrected chi connectivity index (χ2v) is 3.06. The zero-order chi connectivity index (χ0) is 10.4. The molecule has 1 rings (SSSR count). The van der Waals surface area contributed by atoms with Crippen LogP contribution in [0.15, 0.2) is 24.3 Å². The molecule has 0 heterocycles.